The van der Waals surface area contributed by atoms with E-state index in [0.29, 0.717) is 39.8 Å². The monoisotopic (exact) mass is 604 g/mol. The Morgan fingerprint density at radius 3 is 2.23 bits per heavy atom. The number of anilines is 2. The summed E-state index contributed by atoms with van der Waals surface area (Å²) in [6.45, 7) is 2.01. The lowest BCUT2D eigenvalue weighted by Crippen LogP contribution is -2.46. The number of hydrogen-bond acceptors (Lipinski definition) is 8. The maximum absolute atomic E-state index is 6.36. The third-order valence-electron chi connectivity index (χ3n) is 7.73. The van der Waals surface area contributed by atoms with Gasteiger partial charge in [0.1, 0.15) is 0 Å². The Kier molecular flexibility index (Phi) is 6.94. The van der Waals surface area contributed by atoms with Gasteiger partial charge in [0.15, 0.2) is 29.0 Å². The first-order valence-corrected chi connectivity index (χ1v) is 14.4. The summed E-state index contributed by atoms with van der Waals surface area (Å²) in [7, 11) is 4.84. The molecule has 1 atom stereocenters. The van der Waals surface area contributed by atoms with Crippen LogP contribution in [-0.2, 0) is 0 Å². The van der Waals surface area contributed by atoms with E-state index < -0.39 is 0 Å². The number of fused-ring (bicyclic) bond motifs is 4. The van der Waals surface area contributed by atoms with Crippen LogP contribution >= 0.6 is 11.6 Å². The Bertz CT molecular complexity index is 1930. The Hall–Kier alpha value is -5.28. The minimum atomic E-state index is -0.378. The number of methoxy groups -OCH3 is 3. The molecule has 0 radical (unpaired) electrons. The molecule has 0 unspecified atom stereocenters. The number of aryl methyl sites for hydroxylation is 1. The van der Waals surface area contributed by atoms with Gasteiger partial charge in [-0.3, -0.25) is 0 Å². The van der Waals surface area contributed by atoms with E-state index >= 15 is 0 Å². The van der Waals surface area contributed by atoms with E-state index in [-0.39, 0.29) is 6.04 Å². The average Bonchev–Trinajstić information content (AvgIpc) is 3.39. The zero-order valence-electron chi connectivity index (χ0n) is 24.6. The average molecular weight is 605 g/mol. The van der Waals surface area contributed by atoms with E-state index in [1.807, 2.05) is 96.5 Å². The van der Waals surface area contributed by atoms with Gasteiger partial charge in [-0.1, -0.05) is 48.0 Å². The molecule has 0 saturated heterocycles. The minimum Gasteiger partial charge on any atom is -0.493 e. The van der Waals surface area contributed by atoms with Crippen molar-refractivity contribution < 1.29 is 14.2 Å². The standard InChI is InChI=1S/C34H29ClN6O3/c1-20-29-30(21-17-27(42-2)31(44-4)28(18-21)43-3)40-26-16-9-8-15-25(26)37-32(36-23-12-10-11-22(35)19-23)34(40)38-33(29)41(39-20)24-13-6-5-7-14-24/h5-19,30H,1-4H3,(H,36,37)/t30-/m1/s1. The number of amidine groups is 2. The molecule has 9 nitrogen and oxygen atoms in total. The Morgan fingerprint density at radius 2 is 1.52 bits per heavy atom. The SMILES string of the molecule is COc1cc([C@@H]2c3c(C)nn(-c4ccccc4)c3N=C3C(Nc4cccc(Cl)c4)=Nc4ccccc4N32)cc(OC)c1OC. The zero-order chi connectivity index (χ0) is 30.4. The second-order valence-corrected chi connectivity index (χ2v) is 10.8. The van der Waals surface area contributed by atoms with E-state index in [1.165, 1.54) is 0 Å². The number of halogens is 1. The van der Waals surface area contributed by atoms with Gasteiger partial charge in [-0.2, -0.15) is 5.10 Å². The van der Waals surface area contributed by atoms with Crippen LogP contribution in [0.25, 0.3) is 5.69 Å². The number of ether oxygens (including phenoxy) is 3. The minimum absolute atomic E-state index is 0.378. The lowest BCUT2D eigenvalue weighted by Gasteiger charge is -2.40. The van der Waals surface area contributed by atoms with Crippen LogP contribution in [0.5, 0.6) is 17.2 Å². The summed E-state index contributed by atoms with van der Waals surface area (Å²) in [5.41, 5.74) is 6.09. The molecule has 0 fully saturated rings. The first-order chi connectivity index (χ1) is 21.5. The van der Waals surface area contributed by atoms with Crippen molar-refractivity contribution in [2.45, 2.75) is 13.0 Å². The number of nitrogens with zero attached hydrogens (tertiary/aromatic N) is 5. The van der Waals surface area contributed by atoms with Gasteiger partial charge in [0.25, 0.3) is 0 Å². The van der Waals surface area contributed by atoms with E-state index in [0.717, 1.165) is 39.6 Å². The van der Waals surface area contributed by atoms with Gasteiger partial charge in [0.2, 0.25) is 5.75 Å². The van der Waals surface area contributed by atoms with Crippen LogP contribution in [0.2, 0.25) is 5.02 Å². The molecule has 220 valence electrons. The Labute approximate surface area is 260 Å². The molecule has 10 heteroatoms. The van der Waals surface area contributed by atoms with Gasteiger partial charge in [0, 0.05) is 16.3 Å². The van der Waals surface area contributed by atoms with Crippen molar-refractivity contribution in [1.82, 2.24) is 9.78 Å². The second-order valence-electron chi connectivity index (χ2n) is 10.3. The van der Waals surface area contributed by atoms with Crippen molar-refractivity contribution in [3.63, 3.8) is 0 Å². The van der Waals surface area contributed by atoms with E-state index in [1.54, 1.807) is 21.3 Å². The lowest BCUT2D eigenvalue weighted by molar-refractivity contribution is 0.323. The summed E-state index contributed by atoms with van der Waals surface area (Å²) in [6.07, 6.45) is 0. The topological polar surface area (TPSA) is 85.5 Å². The molecule has 2 aliphatic heterocycles. The highest BCUT2D eigenvalue weighted by Crippen LogP contribution is 2.50. The number of benzene rings is 4. The fourth-order valence-corrected chi connectivity index (χ4v) is 6.01. The summed E-state index contributed by atoms with van der Waals surface area (Å²) in [6, 6.07) is 29.1. The van der Waals surface area contributed by atoms with Crippen LogP contribution < -0.4 is 24.4 Å². The predicted molar refractivity (Wildman–Crippen MR) is 174 cm³/mol. The summed E-state index contributed by atoms with van der Waals surface area (Å²) < 4.78 is 19.1. The molecule has 1 aromatic heterocycles. The first-order valence-electron chi connectivity index (χ1n) is 14.0. The van der Waals surface area contributed by atoms with E-state index in [2.05, 4.69) is 16.3 Å². The highest BCUT2D eigenvalue weighted by Gasteiger charge is 2.42. The van der Waals surface area contributed by atoms with Crippen LogP contribution in [-0.4, -0.2) is 42.8 Å². The molecule has 2 aliphatic rings. The quantitative estimate of drug-likeness (QED) is 0.214. The first kappa shape index (κ1) is 27.5. The zero-order valence-corrected chi connectivity index (χ0v) is 25.3. The molecule has 4 aromatic carbocycles. The molecule has 0 saturated carbocycles. The number of rotatable bonds is 6. The molecular weight excluding hydrogens is 576 g/mol. The fraction of sp³-hybridized carbons (Fsp3) is 0.147. The number of aromatic nitrogens is 2. The van der Waals surface area contributed by atoms with Crippen molar-refractivity contribution in [2.24, 2.45) is 9.98 Å². The summed E-state index contributed by atoms with van der Waals surface area (Å²) in [5.74, 6) is 3.54. The molecular formula is C34H29ClN6O3. The summed E-state index contributed by atoms with van der Waals surface area (Å²) in [4.78, 5) is 12.5. The number of hydrogen-bond donors (Lipinski definition) is 1. The van der Waals surface area contributed by atoms with Crippen LogP contribution in [0.4, 0.5) is 22.9 Å². The lowest BCUT2D eigenvalue weighted by atomic mass is 9.92. The molecule has 1 N–H and O–H groups in total. The maximum Gasteiger partial charge on any atom is 0.203 e. The Morgan fingerprint density at radius 1 is 0.795 bits per heavy atom. The van der Waals surface area contributed by atoms with E-state index in [4.69, 9.17) is 40.9 Å². The van der Waals surface area contributed by atoms with Gasteiger partial charge in [-0.15, -0.1) is 0 Å². The van der Waals surface area contributed by atoms with Crippen molar-refractivity contribution in [3.05, 3.63) is 113 Å². The molecule has 0 aliphatic carbocycles. The molecule has 3 heterocycles. The van der Waals surface area contributed by atoms with Crippen molar-refractivity contribution in [3.8, 4) is 22.9 Å². The molecule has 0 bridgehead atoms. The van der Waals surface area contributed by atoms with Crippen molar-refractivity contribution >= 4 is 46.2 Å². The molecule has 0 amide bonds. The van der Waals surface area contributed by atoms with Crippen LogP contribution in [0, 0.1) is 6.92 Å². The number of nitrogens with one attached hydrogen (secondary N) is 1. The van der Waals surface area contributed by atoms with Gasteiger partial charge < -0.3 is 24.4 Å². The molecule has 5 aromatic rings. The van der Waals surface area contributed by atoms with E-state index in [9.17, 15) is 0 Å². The fourth-order valence-electron chi connectivity index (χ4n) is 5.82. The van der Waals surface area contributed by atoms with Gasteiger partial charge in [-0.25, -0.2) is 14.7 Å². The van der Waals surface area contributed by atoms with Crippen molar-refractivity contribution in [2.75, 3.05) is 31.5 Å². The van der Waals surface area contributed by atoms with Crippen LogP contribution in [0.1, 0.15) is 22.9 Å². The number of para-hydroxylation sites is 3. The Balaban J connectivity index is 1.52. The van der Waals surface area contributed by atoms with Crippen molar-refractivity contribution in [1.29, 1.82) is 0 Å². The molecule has 0 spiro atoms. The maximum atomic E-state index is 6.36. The largest absolute Gasteiger partial charge is 0.493 e. The number of aliphatic imine (C=N–C) groups is 2. The van der Waals surface area contributed by atoms with Gasteiger partial charge in [0.05, 0.1) is 50.1 Å². The third-order valence-corrected chi connectivity index (χ3v) is 7.96. The highest BCUT2D eigenvalue weighted by atomic mass is 35.5. The summed E-state index contributed by atoms with van der Waals surface area (Å²) >= 11 is 6.36. The van der Waals surface area contributed by atoms with Gasteiger partial charge >= 0.3 is 0 Å². The van der Waals surface area contributed by atoms with Crippen LogP contribution in [0.3, 0.4) is 0 Å². The smallest absolute Gasteiger partial charge is 0.203 e. The normalized spacial score (nSPS) is 14.9. The second kappa shape index (κ2) is 11.1. The highest BCUT2D eigenvalue weighted by molar-refractivity contribution is 6.51. The summed E-state index contributed by atoms with van der Waals surface area (Å²) in [5, 5.41) is 9.11. The third kappa shape index (κ3) is 4.53. The molecule has 44 heavy (non-hydrogen) atoms. The predicted octanol–water partition coefficient (Wildman–Crippen LogP) is 7.66. The van der Waals surface area contributed by atoms with Gasteiger partial charge in [-0.05, 0) is 67.1 Å². The van der Waals surface area contributed by atoms with Crippen LogP contribution in [0.15, 0.2) is 101 Å². The molecule has 7 rings (SSSR count).